The Kier molecular flexibility index (Phi) is 5.68. The van der Waals surface area contributed by atoms with Gasteiger partial charge >= 0.3 is 0 Å². The Balaban J connectivity index is 1.60. The van der Waals surface area contributed by atoms with E-state index < -0.39 is 0 Å². The molecular weight excluding hydrogens is 402 g/mol. The summed E-state index contributed by atoms with van der Waals surface area (Å²) in [5.41, 5.74) is 2.23. The van der Waals surface area contributed by atoms with Crippen LogP contribution in [0.1, 0.15) is 35.7 Å². The molecule has 7 nitrogen and oxygen atoms in total. The van der Waals surface area contributed by atoms with Crippen molar-refractivity contribution in [2.45, 2.75) is 25.3 Å². The molecule has 0 unspecified atom stereocenters. The first-order valence-electron chi connectivity index (χ1n) is 9.75. The Morgan fingerprint density at radius 3 is 2.53 bits per heavy atom. The normalized spacial score (nSPS) is 14.5. The molecule has 2 aromatic carbocycles. The van der Waals surface area contributed by atoms with Crippen molar-refractivity contribution in [3.63, 3.8) is 0 Å². The zero-order chi connectivity index (χ0) is 21.1. The number of anilines is 1. The van der Waals surface area contributed by atoms with E-state index in [0.29, 0.717) is 29.6 Å². The molecule has 1 N–H and O–H groups in total. The Bertz CT molecular complexity index is 1120. The highest BCUT2D eigenvalue weighted by molar-refractivity contribution is 6.30. The van der Waals surface area contributed by atoms with E-state index in [1.54, 1.807) is 29.2 Å². The molecule has 4 rings (SSSR count). The first-order chi connectivity index (χ1) is 14.6. The van der Waals surface area contributed by atoms with E-state index in [9.17, 15) is 9.59 Å². The van der Waals surface area contributed by atoms with E-state index in [0.717, 1.165) is 23.9 Å². The Labute approximate surface area is 178 Å². The van der Waals surface area contributed by atoms with Crippen molar-refractivity contribution in [2.75, 3.05) is 18.4 Å². The van der Waals surface area contributed by atoms with Gasteiger partial charge in [0.1, 0.15) is 6.42 Å². The standard InChI is InChI=1S/C22H20ClN5O2/c23-16-7-5-15(6-8-16)21(30)26-22-25-18-3-1-2-4-19(18)28(22)17-10-13-27(14-11-17)20(29)9-12-24/h1-8,17H,9-11,13-14H2,(H,25,26,30). The molecule has 0 bridgehead atoms. The number of nitriles is 1. The van der Waals surface area contributed by atoms with E-state index in [2.05, 4.69) is 14.9 Å². The summed E-state index contributed by atoms with van der Waals surface area (Å²) in [5, 5.41) is 12.3. The molecule has 1 saturated heterocycles. The maximum atomic E-state index is 12.8. The van der Waals surface area contributed by atoms with Crippen LogP contribution in [0, 0.1) is 11.3 Å². The summed E-state index contributed by atoms with van der Waals surface area (Å²) in [6, 6.07) is 16.4. The summed E-state index contributed by atoms with van der Waals surface area (Å²) in [4.78, 5) is 31.1. The number of imidazole rings is 1. The lowest BCUT2D eigenvalue weighted by molar-refractivity contribution is -0.131. The third-order valence-corrected chi connectivity index (χ3v) is 5.59. The fourth-order valence-corrected chi connectivity index (χ4v) is 3.96. The van der Waals surface area contributed by atoms with Crippen LogP contribution in [0.2, 0.25) is 5.02 Å². The molecule has 0 radical (unpaired) electrons. The average molecular weight is 422 g/mol. The second-order valence-electron chi connectivity index (χ2n) is 7.20. The maximum absolute atomic E-state index is 12.8. The third kappa shape index (κ3) is 4.00. The number of hydrogen-bond donors (Lipinski definition) is 1. The van der Waals surface area contributed by atoms with Crippen LogP contribution in [-0.2, 0) is 4.79 Å². The molecule has 30 heavy (non-hydrogen) atoms. The topological polar surface area (TPSA) is 91.0 Å². The van der Waals surface area contributed by atoms with Crippen LogP contribution < -0.4 is 5.32 Å². The Morgan fingerprint density at radius 2 is 1.83 bits per heavy atom. The molecule has 0 atom stereocenters. The molecule has 2 amide bonds. The van der Waals surface area contributed by atoms with Crippen LogP contribution in [-0.4, -0.2) is 39.4 Å². The van der Waals surface area contributed by atoms with Crippen LogP contribution in [0.15, 0.2) is 48.5 Å². The number of halogens is 1. The zero-order valence-electron chi connectivity index (χ0n) is 16.2. The van der Waals surface area contributed by atoms with E-state index in [1.165, 1.54) is 0 Å². The van der Waals surface area contributed by atoms with Gasteiger partial charge in [0.15, 0.2) is 0 Å². The van der Waals surface area contributed by atoms with Gasteiger partial charge in [0, 0.05) is 29.7 Å². The average Bonchev–Trinajstić information content (AvgIpc) is 3.12. The SMILES string of the molecule is N#CCC(=O)N1CCC(n2c(NC(=O)c3ccc(Cl)cc3)nc3ccccc32)CC1. The van der Waals surface area contributed by atoms with Crippen molar-refractivity contribution in [1.82, 2.24) is 14.5 Å². The third-order valence-electron chi connectivity index (χ3n) is 5.34. The number of carbonyl (C=O) groups excluding carboxylic acids is 2. The summed E-state index contributed by atoms with van der Waals surface area (Å²) >= 11 is 5.92. The highest BCUT2D eigenvalue weighted by atomic mass is 35.5. The van der Waals surface area contributed by atoms with Crippen LogP contribution in [0.3, 0.4) is 0 Å². The predicted molar refractivity (Wildman–Crippen MR) is 114 cm³/mol. The fourth-order valence-electron chi connectivity index (χ4n) is 3.83. The second kappa shape index (κ2) is 8.56. The number of nitrogens with zero attached hydrogens (tertiary/aromatic N) is 4. The summed E-state index contributed by atoms with van der Waals surface area (Å²) in [7, 11) is 0. The molecule has 1 aliphatic rings. The predicted octanol–water partition coefficient (Wildman–Crippen LogP) is 4.02. The summed E-state index contributed by atoms with van der Waals surface area (Å²) < 4.78 is 2.05. The fraction of sp³-hybridized carbons (Fsp3) is 0.273. The lowest BCUT2D eigenvalue weighted by Gasteiger charge is -2.33. The number of fused-ring (bicyclic) bond motifs is 1. The minimum atomic E-state index is -0.259. The van der Waals surface area contributed by atoms with Crippen molar-refractivity contribution in [3.05, 3.63) is 59.1 Å². The van der Waals surface area contributed by atoms with E-state index in [1.807, 2.05) is 30.3 Å². The van der Waals surface area contributed by atoms with Crippen molar-refractivity contribution in [2.24, 2.45) is 0 Å². The monoisotopic (exact) mass is 421 g/mol. The van der Waals surface area contributed by atoms with Crippen molar-refractivity contribution >= 4 is 40.4 Å². The number of hydrogen-bond acceptors (Lipinski definition) is 4. The molecule has 1 aliphatic heterocycles. The molecule has 152 valence electrons. The quantitative estimate of drug-likeness (QED) is 0.688. The van der Waals surface area contributed by atoms with Crippen LogP contribution >= 0.6 is 11.6 Å². The first-order valence-corrected chi connectivity index (χ1v) is 10.1. The molecule has 8 heteroatoms. The Hall–Kier alpha value is -3.37. The van der Waals surface area contributed by atoms with Gasteiger partial charge in [-0.1, -0.05) is 23.7 Å². The molecule has 3 aromatic rings. The number of benzene rings is 2. The van der Waals surface area contributed by atoms with Gasteiger partial charge in [0.2, 0.25) is 11.9 Å². The van der Waals surface area contributed by atoms with Gasteiger partial charge in [0.05, 0.1) is 17.1 Å². The number of piperidine rings is 1. The van der Waals surface area contributed by atoms with Gasteiger partial charge in [-0.15, -0.1) is 0 Å². The number of para-hydroxylation sites is 2. The highest BCUT2D eigenvalue weighted by Crippen LogP contribution is 2.31. The lowest BCUT2D eigenvalue weighted by Crippen LogP contribution is -2.39. The lowest BCUT2D eigenvalue weighted by atomic mass is 10.0. The number of rotatable bonds is 4. The first kappa shape index (κ1) is 19.9. The van der Waals surface area contributed by atoms with Crippen molar-refractivity contribution in [1.29, 1.82) is 5.26 Å². The summed E-state index contributed by atoms with van der Waals surface area (Å²) in [5.74, 6) is 0.0884. The molecular formula is C22H20ClN5O2. The smallest absolute Gasteiger partial charge is 0.257 e. The minimum absolute atomic E-state index is 0.0871. The highest BCUT2D eigenvalue weighted by Gasteiger charge is 2.27. The van der Waals surface area contributed by atoms with Crippen LogP contribution in [0.4, 0.5) is 5.95 Å². The van der Waals surface area contributed by atoms with Gasteiger partial charge in [-0.05, 0) is 49.2 Å². The van der Waals surface area contributed by atoms with E-state index in [-0.39, 0.29) is 24.3 Å². The summed E-state index contributed by atoms with van der Waals surface area (Å²) in [6.45, 7) is 1.14. The van der Waals surface area contributed by atoms with Crippen molar-refractivity contribution in [3.8, 4) is 6.07 Å². The molecule has 2 heterocycles. The largest absolute Gasteiger partial charge is 0.342 e. The number of aromatic nitrogens is 2. The number of amides is 2. The molecule has 1 fully saturated rings. The second-order valence-corrected chi connectivity index (χ2v) is 7.64. The molecule has 0 spiro atoms. The zero-order valence-corrected chi connectivity index (χ0v) is 17.0. The van der Waals surface area contributed by atoms with Gasteiger partial charge in [0.25, 0.3) is 5.91 Å². The van der Waals surface area contributed by atoms with Gasteiger partial charge in [-0.25, -0.2) is 4.98 Å². The van der Waals surface area contributed by atoms with Gasteiger partial charge in [-0.2, -0.15) is 5.26 Å². The maximum Gasteiger partial charge on any atom is 0.257 e. The summed E-state index contributed by atoms with van der Waals surface area (Å²) in [6.07, 6.45) is 1.35. The minimum Gasteiger partial charge on any atom is -0.342 e. The Morgan fingerprint density at radius 1 is 1.13 bits per heavy atom. The number of nitrogens with one attached hydrogen (secondary N) is 1. The van der Waals surface area contributed by atoms with Crippen LogP contribution in [0.25, 0.3) is 11.0 Å². The van der Waals surface area contributed by atoms with Gasteiger partial charge < -0.3 is 9.47 Å². The van der Waals surface area contributed by atoms with E-state index >= 15 is 0 Å². The van der Waals surface area contributed by atoms with E-state index in [4.69, 9.17) is 16.9 Å². The van der Waals surface area contributed by atoms with Crippen LogP contribution in [0.5, 0.6) is 0 Å². The number of carbonyl (C=O) groups is 2. The molecule has 0 saturated carbocycles. The molecule has 0 aliphatic carbocycles. The number of likely N-dealkylation sites (tertiary alicyclic amines) is 1. The molecule has 1 aromatic heterocycles. The van der Waals surface area contributed by atoms with Gasteiger partial charge in [-0.3, -0.25) is 14.9 Å². The van der Waals surface area contributed by atoms with Crippen molar-refractivity contribution < 1.29 is 9.59 Å².